The van der Waals surface area contributed by atoms with Gasteiger partial charge in [-0.15, -0.1) is 0 Å². The van der Waals surface area contributed by atoms with Crippen molar-refractivity contribution in [3.63, 3.8) is 0 Å². The zero-order chi connectivity index (χ0) is 14.3. The van der Waals surface area contributed by atoms with Gasteiger partial charge in [0.05, 0.1) is 6.61 Å². The normalized spacial score (nSPS) is 20.3. The van der Waals surface area contributed by atoms with E-state index in [1.165, 1.54) is 0 Å². The number of carbonyl (C=O) groups is 1. The molecule has 0 aliphatic carbocycles. The SMILES string of the molecule is CCOC(=O)C(C)(CN(C)CC1CCOCC1)NC. The Balaban J connectivity index is 2.46. The number of nitrogens with one attached hydrogen (secondary N) is 1. The third-order valence-electron chi connectivity index (χ3n) is 3.77. The summed E-state index contributed by atoms with van der Waals surface area (Å²) in [5, 5.41) is 3.09. The van der Waals surface area contributed by atoms with Gasteiger partial charge in [-0.25, -0.2) is 0 Å². The quantitative estimate of drug-likeness (QED) is 0.697. The van der Waals surface area contributed by atoms with Crippen molar-refractivity contribution in [2.24, 2.45) is 5.92 Å². The lowest BCUT2D eigenvalue weighted by Gasteiger charge is -2.34. The molecule has 1 aliphatic heterocycles. The molecule has 0 bridgehead atoms. The maximum Gasteiger partial charge on any atom is 0.327 e. The van der Waals surface area contributed by atoms with Crippen molar-refractivity contribution in [2.45, 2.75) is 32.2 Å². The van der Waals surface area contributed by atoms with Gasteiger partial charge in [-0.05, 0) is 46.7 Å². The van der Waals surface area contributed by atoms with Crippen molar-refractivity contribution in [1.29, 1.82) is 0 Å². The van der Waals surface area contributed by atoms with E-state index in [0.29, 0.717) is 19.1 Å². The molecule has 0 aromatic heterocycles. The Hall–Kier alpha value is -0.650. The van der Waals surface area contributed by atoms with Gasteiger partial charge in [0, 0.05) is 26.3 Å². The van der Waals surface area contributed by atoms with Crippen LogP contribution in [0.3, 0.4) is 0 Å². The second-order valence-corrected chi connectivity index (χ2v) is 5.56. The molecule has 5 heteroatoms. The molecular weight excluding hydrogens is 244 g/mol. The van der Waals surface area contributed by atoms with Crippen LogP contribution in [0.5, 0.6) is 0 Å². The molecule has 1 saturated heterocycles. The molecule has 0 spiro atoms. The molecule has 19 heavy (non-hydrogen) atoms. The predicted octanol–water partition coefficient (Wildman–Crippen LogP) is 0.886. The van der Waals surface area contributed by atoms with E-state index in [4.69, 9.17) is 9.47 Å². The molecule has 1 fully saturated rings. The monoisotopic (exact) mass is 272 g/mol. The highest BCUT2D eigenvalue weighted by atomic mass is 16.5. The number of rotatable bonds is 7. The zero-order valence-electron chi connectivity index (χ0n) is 12.7. The zero-order valence-corrected chi connectivity index (χ0v) is 12.7. The Kier molecular flexibility index (Phi) is 6.75. The summed E-state index contributed by atoms with van der Waals surface area (Å²) < 4.78 is 10.5. The van der Waals surface area contributed by atoms with Gasteiger partial charge in [0.25, 0.3) is 0 Å². The molecule has 0 radical (unpaired) electrons. The van der Waals surface area contributed by atoms with Crippen LogP contribution in [-0.4, -0.2) is 63.4 Å². The van der Waals surface area contributed by atoms with Crippen LogP contribution in [0.1, 0.15) is 26.7 Å². The second kappa shape index (κ2) is 7.82. The topological polar surface area (TPSA) is 50.8 Å². The van der Waals surface area contributed by atoms with Crippen LogP contribution < -0.4 is 5.32 Å². The molecule has 112 valence electrons. The van der Waals surface area contributed by atoms with Crippen molar-refractivity contribution in [3.05, 3.63) is 0 Å². The summed E-state index contributed by atoms with van der Waals surface area (Å²) >= 11 is 0. The van der Waals surface area contributed by atoms with Gasteiger partial charge in [0.2, 0.25) is 0 Å². The number of carbonyl (C=O) groups excluding carboxylic acids is 1. The molecule has 1 rings (SSSR count). The molecule has 1 aliphatic rings. The Morgan fingerprint density at radius 1 is 1.47 bits per heavy atom. The largest absolute Gasteiger partial charge is 0.465 e. The maximum absolute atomic E-state index is 12.0. The second-order valence-electron chi connectivity index (χ2n) is 5.56. The summed E-state index contributed by atoms with van der Waals surface area (Å²) in [4.78, 5) is 14.2. The van der Waals surface area contributed by atoms with E-state index in [2.05, 4.69) is 17.3 Å². The van der Waals surface area contributed by atoms with Crippen molar-refractivity contribution >= 4 is 5.97 Å². The fourth-order valence-corrected chi connectivity index (χ4v) is 2.51. The third-order valence-corrected chi connectivity index (χ3v) is 3.77. The van der Waals surface area contributed by atoms with Gasteiger partial charge < -0.3 is 19.7 Å². The van der Waals surface area contributed by atoms with E-state index in [1.54, 1.807) is 7.05 Å². The van der Waals surface area contributed by atoms with Gasteiger partial charge >= 0.3 is 5.97 Å². The van der Waals surface area contributed by atoms with E-state index >= 15 is 0 Å². The number of esters is 1. The number of nitrogens with zero attached hydrogens (tertiary/aromatic N) is 1. The van der Waals surface area contributed by atoms with E-state index < -0.39 is 5.54 Å². The molecule has 1 atom stereocenters. The lowest BCUT2D eigenvalue weighted by molar-refractivity contribution is -0.151. The number of likely N-dealkylation sites (N-methyl/N-ethyl adjacent to an activating group) is 2. The molecule has 1 N–H and O–H groups in total. The van der Waals surface area contributed by atoms with Crippen LogP contribution in [0.15, 0.2) is 0 Å². The van der Waals surface area contributed by atoms with Crippen molar-refractivity contribution in [2.75, 3.05) is 47.0 Å². The maximum atomic E-state index is 12.0. The van der Waals surface area contributed by atoms with Crippen LogP contribution in [0, 0.1) is 5.92 Å². The summed E-state index contributed by atoms with van der Waals surface area (Å²) in [6, 6.07) is 0. The van der Waals surface area contributed by atoms with Gasteiger partial charge in [0.1, 0.15) is 5.54 Å². The summed E-state index contributed by atoms with van der Waals surface area (Å²) in [7, 11) is 3.86. The molecule has 1 heterocycles. The Morgan fingerprint density at radius 3 is 2.63 bits per heavy atom. The minimum absolute atomic E-state index is 0.184. The predicted molar refractivity (Wildman–Crippen MR) is 75.1 cm³/mol. The third kappa shape index (κ3) is 5.09. The summed E-state index contributed by atoms with van der Waals surface area (Å²) in [5.41, 5.74) is -0.643. The average molecular weight is 272 g/mol. The summed E-state index contributed by atoms with van der Waals surface area (Å²) in [5.74, 6) is 0.485. The minimum Gasteiger partial charge on any atom is -0.465 e. The van der Waals surface area contributed by atoms with Gasteiger partial charge in [-0.3, -0.25) is 4.79 Å². The molecule has 1 unspecified atom stereocenters. The number of ether oxygens (including phenoxy) is 2. The molecule has 5 nitrogen and oxygen atoms in total. The fourth-order valence-electron chi connectivity index (χ4n) is 2.51. The molecular formula is C14H28N2O3. The first-order chi connectivity index (χ1) is 9.01. The van der Waals surface area contributed by atoms with Crippen LogP contribution >= 0.6 is 0 Å². The van der Waals surface area contributed by atoms with Crippen LogP contribution in [0.4, 0.5) is 0 Å². The van der Waals surface area contributed by atoms with Gasteiger partial charge in [-0.1, -0.05) is 0 Å². The first-order valence-electron chi connectivity index (χ1n) is 7.14. The first kappa shape index (κ1) is 16.4. The van der Waals surface area contributed by atoms with E-state index in [1.807, 2.05) is 13.8 Å². The van der Waals surface area contributed by atoms with Crippen LogP contribution in [0.25, 0.3) is 0 Å². The molecule has 0 aromatic rings. The highest BCUT2D eigenvalue weighted by molar-refractivity contribution is 5.80. The summed E-state index contributed by atoms with van der Waals surface area (Å²) in [6.07, 6.45) is 2.22. The van der Waals surface area contributed by atoms with Crippen LogP contribution in [0.2, 0.25) is 0 Å². The average Bonchev–Trinajstić information content (AvgIpc) is 2.39. The van der Waals surface area contributed by atoms with Crippen molar-refractivity contribution in [3.8, 4) is 0 Å². The summed E-state index contributed by atoms with van der Waals surface area (Å²) in [6.45, 7) is 7.52. The Bertz CT molecular complexity index is 280. The van der Waals surface area contributed by atoms with Gasteiger partial charge in [-0.2, -0.15) is 0 Å². The van der Waals surface area contributed by atoms with Gasteiger partial charge in [0.15, 0.2) is 0 Å². The molecule has 0 aromatic carbocycles. The number of hydrogen-bond donors (Lipinski definition) is 1. The molecule has 0 amide bonds. The van der Waals surface area contributed by atoms with E-state index in [9.17, 15) is 4.79 Å². The molecule has 0 saturated carbocycles. The highest BCUT2D eigenvalue weighted by Crippen LogP contribution is 2.17. The van der Waals surface area contributed by atoms with Crippen molar-refractivity contribution < 1.29 is 14.3 Å². The Labute approximate surface area is 116 Å². The lowest BCUT2D eigenvalue weighted by atomic mass is 9.97. The highest BCUT2D eigenvalue weighted by Gasteiger charge is 2.34. The van der Waals surface area contributed by atoms with Crippen LogP contribution in [-0.2, 0) is 14.3 Å². The van der Waals surface area contributed by atoms with E-state index in [0.717, 1.165) is 32.6 Å². The van der Waals surface area contributed by atoms with E-state index in [-0.39, 0.29) is 5.97 Å². The van der Waals surface area contributed by atoms with Crippen molar-refractivity contribution in [1.82, 2.24) is 10.2 Å². The minimum atomic E-state index is -0.643. The first-order valence-corrected chi connectivity index (χ1v) is 7.14. The lowest BCUT2D eigenvalue weighted by Crippen LogP contribution is -2.56. The Morgan fingerprint density at radius 2 is 2.11 bits per heavy atom. The number of hydrogen-bond acceptors (Lipinski definition) is 5. The standard InChI is InChI=1S/C14H28N2O3/c1-5-19-13(17)14(2,15-3)11-16(4)10-12-6-8-18-9-7-12/h12,15H,5-11H2,1-4H3. The fraction of sp³-hybridized carbons (Fsp3) is 0.929. The smallest absolute Gasteiger partial charge is 0.327 e.